The molecule has 48 heavy (non-hydrogen) atoms. The van der Waals surface area contributed by atoms with Gasteiger partial charge in [0.2, 0.25) is 17.7 Å². The van der Waals surface area contributed by atoms with Gasteiger partial charge < -0.3 is 41.5 Å². The summed E-state index contributed by atoms with van der Waals surface area (Å²) in [6, 6.07) is 9.00. The Hall–Kier alpha value is -5.40. The van der Waals surface area contributed by atoms with Gasteiger partial charge in [-0.3, -0.25) is 14.4 Å². The van der Waals surface area contributed by atoms with Crippen LogP contribution in [-0.2, 0) is 24.0 Å². The molecule has 0 aliphatic carbocycles. The number of carbonyl (C=O) groups is 6. The highest BCUT2D eigenvalue weighted by molar-refractivity contribution is 5.99. The number of carboxylic acids is 2. The molecule has 0 saturated carbocycles. The van der Waals surface area contributed by atoms with Crippen molar-refractivity contribution in [3.05, 3.63) is 66.2 Å². The standard InChI is InChI=1S/C34H43N5O9/c1-20(40)39-19-22(21-9-11-23(12-10-21)35-33(48)36-24-13-15-25(41)16-14-24)17-28(39)30(43)38-27(32(46)47)8-6-5-7-26(31(44)45)37-29(42)18-34(2,3)4/h5-6,9-16,22,26-28,41H,7-8,17-19H2,1-4H3,(H,37,42)(H,38,43)(H,44,45)(H,46,47)(H2,35,36,48). The molecule has 0 bridgehead atoms. The number of nitrogens with one attached hydrogen (secondary N) is 4. The monoisotopic (exact) mass is 665 g/mol. The van der Waals surface area contributed by atoms with Crippen LogP contribution in [-0.4, -0.2) is 80.6 Å². The van der Waals surface area contributed by atoms with E-state index in [2.05, 4.69) is 21.3 Å². The Kier molecular flexibility index (Phi) is 12.7. The predicted octanol–water partition coefficient (Wildman–Crippen LogP) is 3.65. The Morgan fingerprint density at radius 3 is 1.81 bits per heavy atom. The molecule has 5 amide bonds. The number of benzene rings is 2. The number of aromatic hydroxyl groups is 1. The molecule has 7 N–H and O–H groups in total. The summed E-state index contributed by atoms with van der Waals surface area (Å²) in [6.45, 7) is 7.12. The molecule has 0 radical (unpaired) electrons. The van der Waals surface area contributed by atoms with Gasteiger partial charge in [0.1, 0.15) is 23.9 Å². The van der Waals surface area contributed by atoms with Crippen LogP contribution in [0.15, 0.2) is 60.7 Å². The van der Waals surface area contributed by atoms with Crippen molar-refractivity contribution in [2.24, 2.45) is 5.41 Å². The van der Waals surface area contributed by atoms with Crippen LogP contribution in [0.5, 0.6) is 5.75 Å². The van der Waals surface area contributed by atoms with E-state index in [-0.39, 0.29) is 55.2 Å². The van der Waals surface area contributed by atoms with E-state index >= 15 is 0 Å². The first kappa shape index (κ1) is 37.1. The lowest BCUT2D eigenvalue weighted by Gasteiger charge is -2.24. The number of carboxylic acid groups (broad SMARTS) is 2. The largest absolute Gasteiger partial charge is 0.508 e. The first-order valence-corrected chi connectivity index (χ1v) is 15.5. The number of hydrogen-bond donors (Lipinski definition) is 7. The molecule has 4 atom stereocenters. The van der Waals surface area contributed by atoms with Crippen LogP contribution >= 0.6 is 0 Å². The number of phenols is 1. The molecule has 0 aromatic heterocycles. The van der Waals surface area contributed by atoms with Gasteiger partial charge in [-0.05, 0) is 66.6 Å². The molecule has 1 aliphatic heterocycles. The Morgan fingerprint density at radius 2 is 1.33 bits per heavy atom. The third-order valence-electron chi connectivity index (χ3n) is 7.62. The van der Waals surface area contributed by atoms with Crippen LogP contribution in [0.3, 0.4) is 0 Å². The number of hydrogen-bond acceptors (Lipinski definition) is 7. The number of anilines is 2. The molecular formula is C34H43N5O9. The molecule has 4 unspecified atom stereocenters. The molecule has 0 spiro atoms. The van der Waals surface area contributed by atoms with Crippen LogP contribution in [0.25, 0.3) is 0 Å². The number of carbonyl (C=O) groups excluding carboxylic acids is 4. The third-order valence-corrected chi connectivity index (χ3v) is 7.62. The van der Waals surface area contributed by atoms with E-state index in [1.807, 2.05) is 20.8 Å². The van der Waals surface area contributed by atoms with Crippen LogP contribution in [0.2, 0.25) is 0 Å². The minimum Gasteiger partial charge on any atom is -0.508 e. The Morgan fingerprint density at radius 1 is 0.833 bits per heavy atom. The van der Waals surface area contributed by atoms with Crippen molar-refractivity contribution in [1.29, 1.82) is 0 Å². The first-order valence-electron chi connectivity index (χ1n) is 15.5. The summed E-state index contributed by atoms with van der Waals surface area (Å²) in [5.74, 6) is -4.07. The second kappa shape index (κ2) is 16.4. The molecule has 1 aliphatic rings. The zero-order valence-electron chi connectivity index (χ0n) is 27.4. The van der Waals surface area contributed by atoms with Crippen LogP contribution in [0.4, 0.5) is 16.2 Å². The highest BCUT2D eigenvalue weighted by Gasteiger charge is 2.40. The highest BCUT2D eigenvalue weighted by atomic mass is 16.4. The number of aliphatic carboxylic acids is 2. The molecule has 258 valence electrons. The van der Waals surface area contributed by atoms with E-state index < -0.39 is 47.9 Å². The molecule has 1 fully saturated rings. The van der Waals surface area contributed by atoms with Gasteiger partial charge in [-0.25, -0.2) is 14.4 Å². The Balaban J connectivity index is 1.58. The fourth-order valence-electron chi connectivity index (χ4n) is 5.25. The SMILES string of the molecule is CC(=O)N1CC(c2ccc(NC(=O)Nc3ccc(O)cc3)cc2)CC1C(=O)NC(CC=CCC(NC(=O)CC(C)(C)C)C(=O)O)C(=O)O. The maximum Gasteiger partial charge on any atom is 0.326 e. The van der Waals surface area contributed by atoms with Crippen molar-refractivity contribution in [3.63, 3.8) is 0 Å². The van der Waals surface area contributed by atoms with Gasteiger partial charge in [-0.15, -0.1) is 0 Å². The lowest BCUT2D eigenvalue weighted by atomic mass is 9.92. The molecule has 2 aromatic carbocycles. The fraction of sp³-hybridized carbons (Fsp3) is 0.412. The second-order valence-corrected chi connectivity index (χ2v) is 12.9. The summed E-state index contributed by atoms with van der Waals surface area (Å²) >= 11 is 0. The summed E-state index contributed by atoms with van der Waals surface area (Å²) in [7, 11) is 0. The van der Waals surface area contributed by atoms with Gasteiger partial charge >= 0.3 is 18.0 Å². The van der Waals surface area contributed by atoms with Gasteiger partial charge in [-0.2, -0.15) is 0 Å². The van der Waals surface area contributed by atoms with Crippen molar-refractivity contribution in [3.8, 4) is 5.75 Å². The maximum atomic E-state index is 13.3. The number of likely N-dealkylation sites (tertiary alicyclic amines) is 1. The Bertz CT molecular complexity index is 1520. The second-order valence-electron chi connectivity index (χ2n) is 12.9. The summed E-state index contributed by atoms with van der Waals surface area (Å²) in [5, 5.41) is 38.9. The average molecular weight is 666 g/mol. The molecule has 2 aromatic rings. The van der Waals surface area contributed by atoms with E-state index in [0.717, 1.165) is 5.56 Å². The van der Waals surface area contributed by atoms with Crippen LogP contribution < -0.4 is 21.3 Å². The average Bonchev–Trinajstić information content (AvgIpc) is 3.44. The number of urea groups is 1. The van der Waals surface area contributed by atoms with Gasteiger partial charge in [0.25, 0.3) is 0 Å². The summed E-state index contributed by atoms with van der Waals surface area (Å²) in [5.41, 5.74) is 1.49. The smallest absolute Gasteiger partial charge is 0.326 e. The van der Waals surface area contributed by atoms with E-state index in [4.69, 9.17) is 0 Å². The first-order chi connectivity index (χ1) is 22.5. The number of phenolic OH excluding ortho intramolecular Hbond substituents is 1. The lowest BCUT2D eigenvalue weighted by molar-refractivity contribution is -0.143. The predicted molar refractivity (Wildman–Crippen MR) is 177 cm³/mol. The van der Waals surface area contributed by atoms with E-state index in [1.54, 1.807) is 36.4 Å². The summed E-state index contributed by atoms with van der Waals surface area (Å²) in [6.07, 6.45) is 3.04. The van der Waals surface area contributed by atoms with Gasteiger partial charge in [-0.1, -0.05) is 45.1 Å². The minimum absolute atomic E-state index is 0.0734. The molecule has 3 rings (SSSR count). The number of rotatable bonds is 13. The van der Waals surface area contributed by atoms with Gasteiger partial charge in [0.15, 0.2) is 0 Å². The summed E-state index contributed by atoms with van der Waals surface area (Å²) < 4.78 is 0. The number of nitrogens with zero attached hydrogens (tertiary/aromatic N) is 1. The maximum absolute atomic E-state index is 13.3. The minimum atomic E-state index is -1.33. The summed E-state index contributed by atoms with van der Waals surface area (Å²) in [4.78, 5) is 75.2. The van der Waals surface area contributed by atoms with E-state index in [0.29, 0.717) is 11.4 Å². The zero-order valence-corrected chi connectivity index (χ0v) is 27.4. The van der Waals surface area contributed by atoms with Gasteiger partial charge in [0.05, 0.1) is 0 Å². The lowest BCUT2D eigenvalue weighted by Crippen LogP contribution is -2.50. The van der Waals surface area contributed by atoms with Crippen molar-refractivity contribution in [2.75, 3.05) is 17.2 Å². The molecule has 1 saturated heterocycles. The topological polar surface area (TPSA) is 214 Å². The normalized spacial score (nSPS) is 17.3. The zero-order chi connectivity index (χ0) is 35.6. The van der Waals surface area contributed by atoms with Crippen LogP contribution in [0, 0.1) is 5.41 Å². The number of amides is 5. The highest BCUT2D eigenvalue weighted by Crippen LogP contribution is 2.33. The van der Waals surface area contributed by atoms with E-state index in [1.165, 1.54) is 36.1 Å². The molecule has 14 heteroatoms. The molecular weight excluding hydrogens is 622 g/mol. The quantitative estimate of drug-likeness (QED) is 0.123. The van der Waals surface area contributed by atoms with Gasteiger partial charge in [0, 0.05) is 37.2 Å². The van der Waals surface area contributed by atoms with Crippen molar-refractivity contribution in [2.45, 2.75) is 77.4 Å². The Labute approximate surface area is 278 Å². The molecule has 14 nitrogen and oxygen atoms in total. The third kappa shape index (κ3) is 11.4. The fourth-order valence-corrected chi connectivity index (χ4v) is 5.25. The van der Waals surface area contributed by atoms with Crippen molar-refractivity contribution >= 4 is 47.1 Å². The van der Waals surface area contributed by atoms with Crippen molar-refractivity contribution < 1.29 is 44.1 Å². The van der Waals surface area contributed by atoms with E-state index in [9.17, 15) is 44.1 Å². The van der Waals surface area contributed by atoms with Crippen LogP contribution in [0.1, 0.15) is 64.9 Å². The molecule has 1 heterocycles. The van der Waals surface area contributed by atoms with Crippen molar-refractivity contribution in [1.82, 2.24) is 15.5 Å².